The highest BCUT2D eigenvalue weighted by Crippen LogP contribution is 2.37. The van der Waals surface area contributed by atoms with Crippen LogP contribution in [0.1, 0.15) is 11.3 Å². The molecule has 0 fully saturated rings. The molecular weight excluding hydrogens is 324 g/mol. The Labute approximate surface area is 143 Å². The molecule has 1 aliphatic rings. The van der Waals surface area contributed by atoms with E-state index in [9.17, 15) is 10.1 Å². The average molecular weight is 340 g/mol. The Morgan fingerprint density at radius 2 is 2.16 bits per heavy atom. The molecular formula is C16H16N6O3. The minimum atomic E-state index is -0.449. The van der Waals surface area contributed by atoms with Gasteiger partial charge in [-0.2, -0.15) is 10.2 Å². The SMILES string of the molecule is COc1cc(-n2cc3c(n2)CNC3)c(-c2cnn(C)c2)cc1[N+](=O)[O-]. The van der Waals surface area contributed by atoms with Crippen LogP contribution in [0.15, 0.2) is 30.7 Å². The second-order valence-corrected chi connectivity index (χ2v) is 5.85. The maximum atomic E-state index is 11.4. The molecule has 0 unspecified atom stereocenters. The predicted molar refractivity (Wildman–Crippen MR) is 89.5 cm³/mol. The molecule has 0 saturated heterocycles. The molecule has 9 nitrogen and oxygen atoms in total. The van der Waals surface area contributed by atoms with E-state index in [1.165, 1.54) is 13.2 Å². The van der Waals surface area contributed by atoms with E-state index in [-0.39, 0.29) is 11.4 Å². The first-order valence-electron chi connectivity index (χ1n) is 7.71. The van der Waals surface area contributed by atoms with Gasteiger partial charge in [-0.15, -0.1) is 0 Å². The van der Waals surface area contributed by atoms with Crippen molar-refractivity contribution in [3.63, 3.8) is 0 Å². The van der Waals surface area contributed by atoms with Crippen molar-refractivity contribution in [1.29, 1.82) is 0 Å². The number of nitrogens with zero attached hydrogens (tertiary/aromatic N) is 5. The maximum Gasteiger partial charge on any atom is 0.311 e. The van der Waals surface area contributed by atoms with E-state index >= 15 is 0 Å². The lowest BCUT2D eigenvalue weighted by Gasteiger charge is -2.11. The van der Waals surface area contributed by atoms with E-state index in [4.69, 9.17) is 4.74 Å². The van der Waals surface area contributed by atoms with Gasteiger partial charge in [0.1, 0.15) is 0 Å². The first-order valence-corrected chi connectivity index (χ1v) is 7.71. The van der Waals surface area contributed by atoms with Crippen LogP contribution in [-0.4, -0.2) is 31.6 Å². The Morgan fingerprint density at radius 1 is 1.32 bits per heavy atom. The fourth-order valence-electron chi connectivity index (χ4n) is 3.03. The van der Waals surface area contributed by atoms with E-state index in [1.54, 1.807) is 28.7 Å². The topological polar surface area (TPSA) is 100 Å². The highest BCUT2D eigenvalue weighted by atomic mass is 16.6. The van der Waals surface area contributed by atoms with Crippen LogP contribution in [0.5, 0.6) is 5.75 Å². The molecule has 1 N–H and O–H groups in total. The zero-order valence-corrected chi connectivity index (χ0v) is 13.8. The van der Waals surface area contributed by atoms with E-state index in [1.807, 2.05) is 12.4 Å². The molecule has 0 atom stereocenters. The molecule has 3 aromatic rings. The van der Waals surface area contributed by atoms with Gasteiger partial charge in [0, 0.05) is 61.4 Å². The van der Waals surface area contributed by atoms with E-state index in [0.717, 1.165) is 23.4 Å². The van der Waals surface area contributed by atoms with Crippen molar-refractivity contribution >= 4 is 5.69 Å². The number of benzene rings is 1. The minimum absolute atomic E-state index is 0.0912. The number of ether oxygens (including phenoxy) is 1. The number of aryl methyl sites for hydroxylation is 1. The van der Waals surface area contributed by atoms with Gasteiger partial charge in [0.15, 0.2) is 5.75 Å². The molecule has 0 bridgehead atoms. The van der Waals surface area contributed by atoms with Crippen LogP contribution in [0.4, 0.5) is 5.69 Å². The van der Waals surface area contributed by atoms with Crippen molar-refractivity contribution in [2.75, 3.05) is 7.11 Å². The predicted octanol–water partition coefficient (Wildman–Crippen LogP) is 1.79. The summed E-state index contributed by atoms with van der Waals surface area (Å²) in [7, 11) is 3.22. The van der Waals surface area contributed by atoms with Crippen LogP contribution in [0.25, 0.3) is 16.8 Å². The summed E-state index contributed by atoms with van der Waals surface area (Å²) >= 11 is 0. The highest BCUT2D eigenvalue weighted by molar-refractivity contribution is 5.77. The van der Waals surface area contributed by atoms with E-state index in [2.05, 4.69) is 15.5 Å². The fourth-order valence-corrected chi connectivity index (χ4v) is 3.03. The third-order valence-corrected chi connectivity index (χ3v) is 4.24. The summed E-state index contributed by atoms with van der Waals surface area (Å²) < 4.78 is 8.63. The molecule has 2 aromatic heterocycles. The number of methoxy groups -OCH3 is 1. The second-order valence-electron chi connectivity index (χ2n) is 5.85. The maximum absolute atomic E-state index is 11.4. The summed E-state index contributed by atoms with van der Waals surface area (Å²) in [6.45, 7) is 1.48. The normalized spacial score (nSPS) is 13.0. The lowest BCUT2D eigenvalue weighted by Crippen LogP contribution is -2.06. The van der Waals surface area contributed by atoms with Gasteiger partial charge in [0.2, 0.25) is 0 Å². The molecule has 9 heteroatoms. The first-order chi connectivity index (χ1) is 12.1. The summed E-state index contributed by atoms with van der Waals surface area (Å²) in [5, 5.41) is 23.4. The van der Waals surface area contributed by atoms with Gasteiger partial charge in [-0.1, -0.05) is 0 Å². The third-order valence-electron chi connectivity index (χ3n) is 4.24. The van der Waals surface area contributed by atoms with E-state index < -0.39 is 4.92 Å². The van der Waals surface area contributed by atoms with Gasteiger partial charge in [0.25, 0.3) is 0 Å². The van der Waals surface area contributed by atoms with Crippen molar-refractivity contribution in [3.05, 3.63) is 52.1 Å². The summed E-state index contributed by atoms with van der Waals surface area (Å²) in [5.41, 5.74) is 4.17. The minimum Gasteiger partial charge on any atom is -0.490 e. The molecule has 0 amide bonds. The summed E-state index contributed by atoms with van der Waals surface area (Å²) in [6.07, 6.45) is 5.43. The molecule has 4 rings (SSSR count). The third kappa shape index (κ3) is 2.54. The molecule has 0 aliphatic carbocycles. The number of hydrogen-bond donors (Lipinski definition) is 1. The summed E-state index contributed by atoms with van der Waals surface area (Å²) in [5.74, 6) is 0.196. The van der Waals surface area contributed by atoms with Crippen molar-refractivity contribution < 1.29 is 9.66 Å². The Kier molecular flexibility index (Phi) is 3.50. The number of nitro benzene ring substituents is 1. The average Bonchev–Trinajstić information content (AvgIpc) is 3.29. The molecule has 3 heterocycles. The first kappa shape index (κ1) is 15.3. The van der Waals surface area contributed by atoms with Crippen molar-refractivity contribution in [2.24, 2.45) is 7.05 Å². The number of nitro groups is 1. The quantitative estimate of drug-likeness (QED) is 0.574. The molecule has 128 valence electrons. The van der Waals surface area contributed by atoms with Gasteiger partial charge in [0.05, 0.1) is 29.6 Å². The number of rotatable bonds is 4. The zero-order chi connectivity index (χ0) is 17.6. The van der Waals surface area contributed by atoms with Crippen molar-refractivity contribution in [3.8, 4) is 22.6 Å². The van der Waals surface area contributed by atoms with Crippen molar-refractivity contribution in [2.45, 2.75) is 13.1 Å². The van der Waals surface area contributed by atoms with Crippen molar-refractivity contribution in [1.82, 2.24) is 24.9 Å². The van der Waals surface area contributed by atoms with Crippen LogP contribution < -0.4 is 10.1 Å². The largest absolute Gasteiger partial charge is 0.490 e. The van der Waals surface area contributed by atoms with Crippen LogP contribution in [-0.2, 0) is 20.1 Å². The second kappa shape index (κ2) is 5.71. The summed E-state index contributed by atoms with van der Waals surface area (Å²) in [4.78, 5) is 11.0. The molecule has 0 spiro atoms. The lowest BCUT2D eigenvalue weighted by atomic mass is 10.1. The molecule has 25 heavy (non-hydrogen) atoms. The van der Waals surface area contributed by atoms with Crippen LogP contribution in [0.2, 0.25) is 0 Å². The number of aromatic nitrogens is 4. The van der Waals surface area contributed by atoms with Gasteiger partial charge in [-0.3, -0.25) is 14.8 Å². The smallest absolute Gasteiger partial charge is 0.311 e. The molecule has 0 saturated carbocycles. The standard InChI is InChI=1S/C16H16N6O3/c1-20-8-10(6-18-20)12-3-15(22(23)24)16(25-2)4-14(12)21-9-11-5-17-7-13(11)19-21/h3-4,6,8-9,17H,5,7H2,1-2H3. The lowest BCUT2D eigenvalue weighted by molar-refractivity contribution is -0.385. The Balaban J connectivity index is 1.95. The van der Waals surface area contributed by atoms with Gasteiger partial charge >= 0.3 is 5.69 Å². The zero-order valence-electron chi connectivity index (χ0n) is 13.8. The Hall–Kier alpha value is -3.20. The number of fused-ring (bicyclic) bond motifs is 1. The van der Waals surface area contributed by atoms with E-state index in [0.29, 0.717) is 17.8 Å². The van der Waals surface area contributed by atoms with Crippen LogP contribution in [0, 0.1) is 10.1 Å². The van der Waals surface area contributed by atoms with Crippen LogP contribution >= 0.6 is 0 Å². The number of hydrogen-bond acceptors (Lipinski definition) is 6. The van der Waals surface area contributed by atoms with Crippen LogP contribution in [0.3, 0.4) is 0 Å². The molecule has 1 aromatic carbocycles. The number of nitrogens with one attached hydrogen (secondary N) is 1. The van der Waals surface area contributed by atoms with Gasteiger partial charge in [-0.25, -0.2) is 4.68 Å². The van der Waals surface area contributed by atoms with Gasteiger partial charge in [-0.05, 0) is 0 Å². The highest BCUT2D eigenvalue weighted by Gasteiger charge is 2.23. The molecule has 0 radical (unpaired) electrons. The molecule has 1 aliphatic heterocycles. The summed E-state index contributed by atoms with van der Waals surface area (Å²) in [6, 6.07) is 3.16. The monoisotopic (exact) mass is 340 g/mol. The Morgan fingerprint density at radius 3 is 2.80 bits per heavy atom. The van der Waals surface area contributed by atoms with Gasteiger partial charge < -0.3 is 10.1 Å². The Bertz CT molecular complexity index is 953. The fraction of sp³-hybridized carbons (Fsp3) is 0.250.